The summed E-state index contributed by atoms with van der Waals surface area (Å²) in [5.74, 6) is 0. The fraction of sp³-hybridized carbons (Fsp3) is 0.412. The number of aryl methyl sites for hydroxylation is 1. The Labute approximate surface area is 121 Å². The van der Waals surface area contributed by atoms with E-state index < -0.39 is 0 Å². The predicted octanol–water partition coefficient (Wildman–Crippen LogP) is 3.23. The van der Waals surface area contributed by atoms with Crippen molar-refractivity contribution in [3.05, 3.63) is 53.9 Å². The minimum absolute atomic E-state index is 0.876. The Morgan fingerprint density at radius 2 is 1.85 bits per heavy atom. The van der Waals surface area contributed by atoms with E-state index in [0.717, 1.165) is 13.1 Å². The lowest BCUT2D eigenvalue weighted by Gasteiger charge is -2.18. The van der Waals surface area contributed by atoms with Gasteiger partial charge in [0.05, 0.1) is 6.54 Å². The zero-order valence-corrected chi connectivity index (χ0v) is 12.2. The molecule has 3 heteroatoms. The Morgan fingerprint density at radius 3 is 2.60 bits per heavy atom. The first-order valence-corrected chi connectivity index (χ1v) is 7.47. The lowest BCUT2D eigenvalue weighted by Crippen LogP contribution is -2.19. The molecule has 2 heterocycles. The molecule has 1 aromatic carbocycles. The molecule has 0 saturated carbocycles. The van der Waals surface area contributed by atoms with Gasteiger partial charge >= 0.3 is 0 Å². The van der Waals surface area contributed by atoms with E-state index in [1.807, 2.05) is 0 Å². The minimum atomic E-state index is 0.876. The van der Waals surface area contributed by atoms with E-state index in [1.54, 1.807) is 0 Å². The van der Waals surface area contributed by atoms with Gasteiger partial charge in [-0.2, -0.15) is 0 Å². The van der Waals surface area contributed by atoms with Crippen LogP contribution >= 0.6 is 0 Å². The van der Waals surface area contributed by atoms with Crippen LogP contribution in [0.1, 0.15) is 24.1 Å². The average molecular weight is 269 g/mol. The van der Waals surface area contributed by atoms with Crippen molar-refractivity contribution in [1.29, 1.82) is 0 Å². The average Bonchev–Trinajstić information content (AvgIpc) is 3.10. The van der Waals surface area contributed by atoms with Crippen LogP contribution in [0.3, 0.4) is 0 Å². The number of anilines is 1. The molecule has 20 heavy (non-hydrogen) atoms. The van der Waals surface area contributed by atoms with Crippen LogP contribution in [0.2, 0.25) is 0 Å². The van der Waals surface area contributed by atoms with E-state index in [4.69, 9.17) is 0 Å². The van der Waals surface area contributed by atoms with E-state index in [9.17, 15) is 0 Å². The van der Waals surface area contributed by atoms with Gasteiger partial charge < -0.3 is 9.88 Å². The molecule has 0 amide bonds. The maximum atomic E-state index is 3.58. The van der Waals surface area contributed by atoms with E-state index in [2.05, 4.69) is 64.4 Å². The summed E-state index contributed by atoms with van der Waals surface area (Å²) < 4.78 is 2.16. The topological polar surface area (TPSA) is 20.2 Å². The van der Waals surface area contributed by atoms with Gasteiger partial charge in [0.25, 0.3) is 0 Å². The molecule has 0 radical (unpaired) electrons. The highest BCUT2D eigenvalue weighted by Crippen LogP contribution is 2.20. The van der Waals surface area contributed by atoms with Crippen LogP contribution in [0.25, 0.3) is 0 Å². The Kier molecular flexibility index (Phi) is 4.07. The zero-order chi connectivity index (χ0) is 13.8. The summed E-state index contributed by atoms with van der Waals surface area (Å²) in [5.41, 5.74) is 3.98. The van der Waals surface area contributed by atoms with E-state index in [1.165, 1.54) is 42.9 Å². The molecule has 1 aliphatic rings. The summed E-state index contributed by atoms with van der Waals surface area (Å²) >= 11 is 0. The minimum Gasteiger partial charge on any atom is -0.379 e. The molecule has 0 bridgehead atoms. The summed E-state index contributed by atoms with van der Waals surface area (Å²) in [5, 5.41) is 3.58. The third kappa shape index (κ3) is 3.05. The van der Waals surface area contributed by atoms with Gasteiger partial charge in [0.2, 0.25) is 0 Å². The second-order valence-electron chi connectivity index (χ2n) is 5.60. The van der Waals surface area contributed by atoms with Gasteiger partial charge in [-0.1, -0.05) is 18.2 Å². The van der Waals surface area contributed by atoms with Crippen LogP contribution in [-0.4, -0.2) is 22.6 Å². The predicted molar refractivity (Wildman–Crippen MR) is 83.7 cm³/mol. The summed E-state index contributed by atoms with van der Waals surface area (Å²) in [4.78, 5) is 2.54. The standard InChI is InChI=1S/C17H23N3/c1-19-10-6-8-16(19)13-18-17-9-3-2-7-15(17)14-20-11-4-5-12-20/h2-3,6-10,18H,4-5,11-14H2,1H3. The van der Waals surface area contributed by atoms with Crippen molar-refractivity contribution < 1.29 is 0 Å². The fourth-order valence-electron chi connectivity index (χ4n) is 2.88. The summed E-state index contributed by atoms with van der Waals surface area (Å²) in [6, 6.07) is 12.9. The number of nitrogens with one attached hydrogen (secondary N) is 1. The molecule has 1 N–H and O–H groups in total. The van der Waals surface area contributed by atoms with E-state index in [0.29, 0.717) is 0 Å². The van der Waals surface area contributed by atoms with Crippen molar-refractivity contribution in [3.8, 4) is 0 Å². The molecule has 3 rings (SSSR count). The van der Waals surface area contributed by atoms with Gasteiger partial charge in [0, 0.05) is 31.2 Å². The smallest absolute Gasteiger partial charge is 0.0553 e. The summed E-state index contributed by atoms with van der Waals surface area (Å²) in [7, 11) is 2.09. The van der Waals surface area contributed by atoms with Gasteiger partial charge in [-0.25, -0.2) is 0 Å². The van der Waals surface area contributed by atoms with Crippen LogP contribution in [0.4, 0.5) is 5.69 Å². The van der Waals surface area contributed by atoms with Crippen LogP contribution in [0, 0.1) is 0 Å². The van der Waals surface area contributed by atoms with Crippen LogP contribution in [-0.2, 0) is 20.1 Å². The highest BCUT2D eigenvalue weighted by molar-refractivity contribution is 5.51. The number of rotatable bonds is 5. The Balaban J connectivity index is 1.67. The van der Waals surface area contributed by atoms with Crippen LogP contribution < -0.4 is 5.32 Å². The van der Waals surface area contributed by atoms with Gasteiger partial charge in [-0.3, -0.25) is 4.90 Å². The molecule has 1 fully saturated rings. The summed E-state index contributed by atoms with van der Waals surface area (Å²) in [6.07, 6.45) is 4.78. The zero-order valence-electron chi connectivity index (χ0n) is 12.2. The second kappa shape index (κ2) is 6.14. The van der Waals surface area contributed by atoms with E-state index >= 15 is 0 Å². The lowest BCUT2D eigenvalue weighted by atomic mass is 10.1. The van der Waals surface area contributed by atoms with Crippen molar-refractivity contribution in [2.45, 2.75) is 25.9 Å². The third-order valence-electron chi connectivity index (χ3n) is 4.12. The lowest BCUT2D eigenvalue weighted by molar-refractivity contribution is 0.332. The molecule has 106 valence electrons. The number of aromatic nitrogens is 1. The van der Waals surface area contributed by atoms with Crippen LogP contribution in [0.15, 0.2) is 42.6 Å². The highest BCUT2D eigenvalue weighted by Gasteiger charge is 2.13. The number of nitrogens with zero attached hydrogens (tertiary/aromatic N) is 2. The van der Waals surface area contributed by atoms with Gasteiger partial charge in [0.1, 0.15) is 0 Å². The molecule has 0 unspecified atom stereocenters. The first-order valence-electron chi connectivity index (χ1n) is 7.47. The molecule has 0 spiro atoms. The third-order valence-corrected chi connectivity index (χ3v) is 4.12. The first-order chi connectivity index (χ1) is 9.83. The SMILES string of the molecule is Cn1cccc1CNc1ccccc1CN1CCCC1. The molecule has 2 aromatic rings. The van der Waals surface area contributed by atoms with Crippen molar-refractivity contribution >= 4 is 5.69 Å². The Bertz CT molecular complexity index is 553. The molecular weight excluding hydrogens is 246 g/mol. The Morgan fingerprint density at radius 1 is 1.05 bits per heavy atom. The van der Waals surface area contributed by atoms with Crippen molar-refractivity contribution in [3.63, 3.8) is 0 Å². The second-order valence-corrected chi connectivity index (χ2v) is 5.60. The maximum absolute atomic E-state index is 3.58. The number of benzene rings is 1. The van der Waals surface area contributed by atoms with Gasteiger partial charge in [-0.05, 0) is 49.7 Å². The normalized spacial score (nSPS) is 15.7. The largest absolute Gasteiger partial charge is 0.379 e. The monoisotopic (exact) mass is 269 g/mol. The molecule has 1 aromatic heterocycles. The van der Waals surface area contributed by atoms with Crippen molar-refractivity contribution in [2.75, 3.05) is 18.4 Å². The molecule has 0 aliphatic carbocycles. The Hall–Kier alpha value is -1.74. The van der Waals surface area contributed by atoms with Crippen molar-refractivity contribution in [1.82, 2.24) is 9.47 Å². The molecule has 3 nitrogen and oxygen atoms in total. The summed E-state index contributed by atoms with van der Waals surface area (Å²) in [6.45, 7) is 4.43. The fourth-order valence-corrected chi connectivity index (χ4v) is 2.88. The maximum Gasteiger partial charge on any atom is 0.0553 e. The number of hydrogen-bond donors (Lipinski definition) is 1. The quantitative estimate of drug-likeness (QED) is 0.899. The van der Waals surface area contributed by atoms with Crippen LogP contribution in [0.5, 0.6) is 0 Å². The van der Waals surface area contributed by atoms with E-state index in [-0.39, 0.29) is 0 Å². The number of para-hydroxylation sites is 1. The van der Waals surface area contributed by atoms with Gasteiger partial charge in [0.15, 0.2) is 0 Å². The first kappa shape index (κ1) is 13.3. The molecule has 0 atom stereocenters. The van der Waals surface area contributed by atoms with Gasteiger partial charge in [-0.15, -0.1) is 0 Å². The molecule has 1 saturated heterocycles. The van der Waals surface area contributed by atoms with Crippen molar-refractivity contribution in [2.24, 2.45) is 7.05 Å². The molecule has 1 aliphatic heterocycles. The highest BCUT2D eigenvalue weighted by atomic mass is 15.1. The molecular formula is C17H23N3. The number of hydrogen-bond acceptors (Lipinski definition) is 2. The number of likely N-dealkylation sites (tertiary alicyclic amines) is 1.